The molecule has 1 N–H and O–H groups in total. The van der Waals surface area contributed by atoms with Gasteiger partial charge in [-0.25, -0.2) is 4.39 Å². The van der Waals surface area contributed by atoms with E-state index in [1.807, 2.05) is 31.2 Å². The lowest BCUT2D eigenvalue weighted by atomic mass is 10.1. The predicted molar refractivity (Wildman–Crippen MR) is 101 cm³/mol. The van der Waals surface area contributed by atoms with Crippen molar-refractivity contribution < 1.29 is 18.7 Å². The molecule has 0 bridgehead atoms. The molecule has 142 valence electrons. The Morgan fingerprint density at radius 1 is 1.33 bits per heavy atom. The van der Waals surface area contributed by atoms with Crippen molar-refractivity contribution in [1.82, 2.24) is 5.32 Å². The van der Waals surface area contributed by atoms with Crippen molar-refractivity contribution in [3.05, 3.63) is 58.9 Å². The van der Waals surface area contributed by atoms with Crippen LogP contribution in [0.1, 0.15) is 18.9 Å². The molecule has 0 saturated carbocycles. The maximum Gasteiger partial charge on any atom is 0.227 e. The van der Waals surface area contributed by atoms with E-state index in [1.165, 1.54) is 23.1 Å². The van der Waals surface area contributed by atoms with E-state index in [-0.39, 0.29) is 29.8 Å². The average Bonchev–Trinajstić information content (AvgIpc) is 3.04. The fourth-order valence-corrected chi connectivity index (χ4v) is 3.21. The summed E-state index contributed by atoms with van der Waals surface area (Å²) in [6.07, 6.45) is 0.111. The summed E-state index contributed by atoms with van der Waals surface area (Å²) in [5.74, 6) is -0.635. The highest BCUT2D eigenvalue weighted by molar-refractivity contribution is 6.31. The van der Waals surface area contributed by atoms with Crippen molar-refractivity contribution in [2.45, 2.75) is 19.9 Å². The van der Waals surface area contributed by atoms with Crippen LogP contribution in [0.3, 0.4) is 0 Å². The predicted octanol–water partition coefficient (Wildman–Crippen LogP) is 3.55. The second-order valence-corrected chi connectivity index (χ2v) is 6.71. The van der Waals surface area contributed by atoms with Crippen LogP contribution in [-0.4, -0.2) is 25.0 Å². The molecule has 0 aromatic heterocycles. The smallest absolute Gasteiger partial charge is 0.227 e. The third-order valence-corrected chi connectivity index (χ3v) is 4.68. The van der Waals surface area contributed by atoms with Crippen molar-refractivity contribution >= 4 is 29.1 Å². The topological polar surface area (TPSA) is 58.6 Å². The normalized spacial score (nSPS) is 16.5. The second-order valence-electron chi connectivity index (χ2n) is 6.30. The van der Waals surface area contributed by atoms with Crippen LogP contribution in [-0.2, 0) is 16.1 Å². The van der Waals surface area contributed by atoms with E-state index >= 15 is 0 Å². The molecular weight excluding hydrogens is 371 g/mol. The Hall–Kier alpha value is -2.60. The van der Waals surface area contributed by atoms with E-state index in [2.05, 4.69) is 5.32 Å². The number of nitrogens with one attached hydrogen (secondary N) is 1. The van der Waals surface area contributed by atoms with E-state index in [4.69, 9.17) is 16.3 Å². The molecule has 3 rings (SSSR count). The minimum atomic E-state index is -0.546. The van der Waals surface area contributed by atoms with Crippen molar-refractivity contribution in [1.29, 1.82) is 0 Å². The number of carbonyl (C=O) groups excluding carboxylic acids is 2. The molecular formula is C20H20ClFN2O3. The first-order chi connectivity index (χ1) is 13.0. The van der Waals surface area contributed by atoms with Gasteiger partial charge in [-0.2, -0.15) is 0 Å². The molecule has 2 amide bonds. The number of amides is 2. The van der Waals surface area contributed by atoms with Crippen LogP contribution in [0.2, 0.25) is 5.02 Å². The van der Waals surface area contributed by atoms with Crippen LogP contribution in [0.25, 0.3) is 0 Å². The minimum Gasteiger partial charge on any atom is -0.494 e. The fourth-order valence-electron chi connectivity index (χ4n) is 3.03. The van der Waals surface area contributed by atoms with E-state index < -0.39 is 11.7 Å². The molecule has 0 aliphatic carbocycles. The number of anilines is 1. The van der Waals surface area contributed by atoms with Gasteiger partial charge in [0.25, 0.3) is 0 Å². The minimum absolute atomic E-state index is 0.0534. The van der Waals surface area contributed by atoms with Gasteiger partial charge in [0.05, 0.1) is 17.5 Å². The fraction of sp³-hybridized carbons (Fsp3) is 0.300. The van der Waals surface area contributed by atoms with Gasteiger partial charge in [0.15, 0.2) is 0 Å². The SMILES string of the molecule is CCOc1cccc(CNC(=O)C2CC(=O)N(c3ccc(F)c(Cl)c3)C2)c1. The lowest BCUT2D eigenvalue weighted by molar-refractivity contribution is -0.126. The maximum atomic E-state index is 13.3. The van der Waals surface area contributed by atoms with Crippen LogP contribution in [0, 0.1) is 11.7 Å². The van der Waals surface area contributed by atoms with Gasteiger partial charge in [-0.3, -0.25) is 9.59 Å². The molecule has 0 radical (unpaired) electrons. The summed E-state index contributed by atoms with van der Waals surface area (Å²) in [5, 5.41) is 2.81. The number of hydrogen-bond donors (Lipinski definition) is 1. The van der Waals surface area contributed by atoms with Crippen LogP contribution >= 0.6 is 11.6 Å². The van der Waals surface area contributed by atoms with Gasteiger partial charge in [-0.05, 0) is 42.8 Å². The summed E-state index contributed by atoms with van der Waals surface area (Å²) >= 11 is 5.79. The number of hydrogen-bond acceptors (Lipinski definition) is 3. The van der Waals surface area contributed by atoms with Crippen LogP contribution in [0.5, 0.6) is 5.75 Å². The zero-order valence-corrected chi connectivity index (χ0v) is 15.6. The Balaban J connectivity index is 1.60. The largest absolute Gasteiger partial charge is 0.494 e. The van der Waals surface area contributed by atoms with Gasteiger partial charge in [0.2, 0.25) is 11.8 Å². The number of halogens is 2. The van der Waals surface area contributed by atoms with Gasteiger partial charge in [-0.1, -0.05) is 23.7 Å². The Morgan fingerprint density at radius 3 is 2.89 bits per heavy atom. The first-order valence-electron chi connectivity index (χ1n) is 8.72. The first-order valence-corrected chi connectivity index (χ1v) is 9.10. The molecule has 1 atom stereocenters. The Labute approximate surface area is 162 Å². The van der Waals surface area contributed by atoms with Crippen LogP contribution < -0.4 is 15.0 Å². The summed E-state index contributed by atoms with van der Waals surface area (Å²) in [7, 11) is 0. The number of benzene rings is 2. The summed E-state index contributed by atoms with van der Waals surface area (Å²) in [6.45, 7) is 3.08. The molecule has 5 nitrogen and oxygen atoms in total. The molecule has 0 spiro atoms. The van der Waals surface area contributed by atoms with Gasteiger partial charge < -0.3 is 15.0 Å². The summed E-state index contributed by atoms with van der Waals surface area (Å²) in [4.78, 5) is 26.2. The number of ether oxygens (including phenoxy) is 1. The third-order valence-electron chi connectivity index (χ3n) is 4.39. The molecule has 1 aliphatic rings. The van der Waals surface area contributed by atoms with E-state index in [0.29, 0.717) is 18.8 Å². The van der Waals surface area contributed by atoms with Gasteiger partial charge >= 0.3 is 0 Å². The Morgan fingerprint density at radius 2 is 2.15 bits per heavy atom. The second kappa shape index (κ2) is 8.39. The highest BCUT2D eigenvalue weighted by Crippen LogP contribution is 2.28. The molecule has 1 unspecified atom stereocenters. The highest BCUT2D eigenvalue weighted by Gasteiger charge is 2.35. The maximum absolute atomic E-state index is 13.3. The van der Waals surface area contributed by atoms with Gasteiger partial charge in [-0.15, -0.1) is 0 Å². The molecule has 2 aromatic rings. The van der Waals surface area contributed by atoms with Gasteiger partial charge in [0.1, 0.15) is 11.6 Å². The zero-order chi connectivity index (χ0) is 19.4. The average molecular weight is 391 g/mol. The molecule has 1 saturated heterocycles. The van der Waals surface area contributed by atoms with Crippen molar-refractivity contribution in [2.75, 3.05) is 18.1 Å². The van der Waals surface area contributed by atoms with Crippen LogP contribution in [0.4, 0.5) is 10.1 Å². The highest BCUT2D eigenvalue weighted by atomic mass is 35.5. The lowest BCUT2D eigenvalue weighted by Crippen LogP contribution is -2.32. The summed E-state index contributed by atoms with van der Waals surface area (Å²) < 4.78 is 18.8. The Kier molecular flexibility index (Phi) is 5.96. The van der Waals surface area contributed by atoms with E-state index in [1.54, 1.807) is 0 Å². The molecule has 7 heteroatoms. The zero-order valence-electron chi connectivity index (χ0n) is 14.9. The van der Waals surface area contributed by atoms with Crippen molar-refractivity contribution in [3.63, 3.8) is 0 Å². The quantitative estimate of drug-likeness (QED) is 0.820. The lowest BCUT2D eigenvalue weighted by Gasteiger charge is -2.17. The monoisotopic (exact) mass is 390 g/mol. The van der Waals surface area contributed by atoms with Gasteiger partial charge in [0, 0.05) is 25.2 Å². The number of rotatable bonds is 6. The molecule has 2 aromatic carbocycles. The summed E-state index contributed by atoms with van der Waals surface area (Å²) in [5.41, 5.74) is 1.41. The third kappa shape index (κ3) is 4.57. The summed E-state index contributed by atoms with van der Waals surface area (Å²) in [6, 6.07) is 11.6. The number of carbonyl (C=O) groups is 2. The molecule has 27 heavy (non-hydrogen) atoms. The van der Waals surface area contributed by atoms with Crippen molar-refractivity contribution in [2.24, 2.45) is 5.92 Å². The molecule has 1 aliphatic heterocycles. The molecule has 1 fully saturated rings. The molecule has 1 heterocycles. The Bertz CT molecular complexity index is 859. The standard InChI is InChI=1S/C20H20ClFN2O3/c1-2-27-16-5-3-4-13(8-16)11-23-20(26)14-9-19(25)24(12-14)15-6-7-18(22)17(21)10-15/h3-8,10,14H,2,9,11-12H2,1H3,(H,23,26). The number of nitrogens with zero attached hydrogens (tertiary/aromatic N) is 1. The van der Waals surface area contributed by atoms with Crippen molar-refractivity contribution in [3.8, 4) is 5.75 Å². The van der Waals surface area contributed by atoms with Crippen LogP contribution in [0.15, 0.2) is 42.5 Å². The first kappa shape index (κ1) is 19.2. The van der Waals surface area contributed by atoms with E-state index in [0.717, 1.165) is 11.3 Å². The van der Waals surface area contributed by atoms with E-state index in [9.17, 15) is 14.0 Å².